The summed E-state index contributed by atoms with van der Waals surface area (Å²) in [7, 11) is 1.11. The summed E-state index contributed by atoms with van der Waals surface area (Å²) in [5.41, 5.74) is -0.748. The SMILES string of the molecule is COC(=O)c1cc([N+](=O)[O-])cc(C(=O)O)c1C. The van der Waals surface area contributed by atoms with Crippen LogP contribution in [0, 0.1) is 17.0 Å². The Labute approximate surface area is 95.8 Å². The molecule has 1 aromatic carbocycles. The van der Waals surface area contributed by atoms with Gasteiger partial charge in [0.2, 0.25) is 0 Å². The van der Waals surface area contributed by atoms with Crippen molar-refractivity contribution in [3.05, 3.63) is 38.9 Å². The predicted molar refractivity (Wildman–Crippen MR) is 56.1 cm³/mol. The topological polar surface area (TPSA) is 107 Å². The maximum atomic E-state index is 11.3. The standard InChI is InChI=1S/C10H9NO6/c1-5-7(9(12)13)3-6(11(15)16)4-8(5)10(14)17-2/h3-4H,1-2H3,(H,12,13). The lowest BCUT2D eigenvalue weighted by atomic mass is 10.0. The van der Waals surface area contributed by atoms with Crippen LogP contribution in [0.4, 0.5) is 5.69 Å². The molecular weight excluding hydrogens is 230 g/mol. The van der Waals surface area contributed by atoms with Crippen LogP contribution in [0.5, 0.6) is 0 Å². The van der Waals surface area contributed by atoms with E-state index in [0.29, 0.717) is 0 Å². The van der Waals surface area contributed by atoms with Gasteiger partial charge in [0.05, 0.1) is 23.2 Å². The molecule has 0 aliphatic carbocycles. The molecule has 0 fully saturated rings. The summed E-state index contributed by atoms with van der Waals surface area (Å²) in [6.45, 7) is 1.39. The molecule has 1 aromatic rings. The molecule has 0 heterocycles. The largest absolute Gasteiger partial charge is 0.478 e. The molecule has 0 aromatic heterocycles. The van der Waals surface area contributed by atoms with Gasteiger partial charge in [-0.2, -0.15) is 0 Å². The summed E-state index contributed by atoms with van der Waals surface area (Å²) >= 11 is 0. The molecule has 0 amide bonds. The van der Waals surface area contributed by atoms with E-state index in [4.69, 9.17) is 5.11 Å². The van der Waals surface area contributed by atoms with Gasteiger partial charge >= 0.3 is 11.9 Å². The Balaban J connectivity index is 3.54. The Bertz CT molecular complexity index is 508. The third kappa shape index (κ3) is 2.39. The molecule has 0 atom stereocenters. The number of rotatable bonds is 3. The Morgan fingerprint density at radius 1 is 1.35 bits per heavy atom. The number of carbonyl (C=O) groups is 2. The van der Waals surface area contributed by atoms with Crippen LogP contribution in [0.15, 0.2) is 12.1 Å². The first-order valence-corrected chi connectivity index (χ1v) is 4.49. The number of non-ortho nitro benzene ring substituents is 1. The maximum absolute atomic E-state index is 11.3. The smallest absolute Gasteiger partial charge is 0.338 e. The molecule has 0 radical (unpaired) electrons. The van der Waals surface area contributed by atoms with Crippen molar-refractivity contribution < 1.29 is 24.4 Å². The third-order valence-electron chi connectivity index (χ3n) is 2.24. The second kappa shape index (κ2) is 4.60. The first-order valence-electron chi connectivity index (χ1n) is 4.49. The Morgan fingerprint density at radius 2 is 1.88 bits per heavy atom. The van der Waals surface area contributed by atoms with E-state index < -0.39 is 22.5 Å². The van der Waals surface area contributed by atoms with Crippen LogP contribution in [0.2, 0.25) is 0 Å². The molecular formula is C10H9NO6. The van der Waals surface area contributed by atoms with E-state index in [9.17, 15) is 19.7 Å². The Kier molecular flexibility index (Phi) is 3.42. The Morgan fingerprint density at radius 3 is 2.29 bits per heavy atom. The molecule has 0 bridgehead atoms. The number of nitro groups is 1. The fourth-order valence-corrected chi connectivity index (χ4v) is 1.35. The summed E-state index contributed by atoms with van der Waals surface area (Å²) < 4.78 is 4.43. The fraction of sp³-hybridized carbons (Fsp3) is 0.200. The predicted octanol–water partition coefficient (Wildman–Crippen LogP) is 1.39. The second-order valence-electron chi connectivity index (χ2n) is 3.22. The minimum atomic E-state index is -1.34. The van der Waals surface area contributed by atoms with Gasteiger partial charge in [-0.15, -0.1) is 0 Å². The van der Waals surface area contributed by atoms with E-state index in [-0.39, 0.29) is 16.7 Å². The molecule has 0 saturated heterocycles. The highest BCUT2D eigenvalue weighted by Crippen LogP contribution is 2.22. The van der Waals surface area contributed by atoms with Crippen LogP contribution >= 0.6 is 0 Å². The highest BCUT2D eigenvalue weighted by Gasteiger charge is 2.22. The number of hydrogen-bond donors (Lipinski definition) is 1. The van der Waals surface area contributed by atoms with Crippen LogP contribution in [0.3, 0.4) is 0 Å². The van der Waals surface area contributed by atoms with E-state index in [1.54, 1.807) is 0 Å². The number of carbonyl (C=O) groups excluding carboxylic acids is 1. The summed E-state index contributed by atoms with van der Waals surface area (Å²) in [6, 6.07) is 1.90. The number of esters is 1. The quantitative estimate of drug-likeness (QED) is 0.485. The van der Waals surface area contributed by atoms with Crippen molar-refractivity contribution in [3.8, 4) is 0 Å². The maximum Gasteiger partial charge on any atom is 0.338 e. The lowest BCUT2D eigenvalue weighted by Gasteiger charge is -2.06. The molecule has 7 heteroatoms. The van der Waals surface area contributed by atoms with E-state index in [1.165, 1.54) is 6.92 Å². The first kappa shape index (κ1) is 12.6. The van der Waals surface area contributed by atoms with E-state index in [1.807, 2.05) is 0 Å². The fourth-order valence-electron chi connectivity index (χ4n) is 1.35. The zero-order valence-corrected chi connectivity index (χ0v) is 9.09. The molecule has 0 spiro atoms. The zero-order valence-electron chi connectivity index (χ0n) is 9.09. The number of benzene rings is 1. The van der Waals surface area contributed by atoms with Gasteiger partial charge in [0.1, 0.15) is 0 Å². The number of hydrogen-bond acceptors (Lipinski definition) is 5. The molecule has 1 N–H and O–H groups in total. The van der Waals surface area contributed by atoms with Crippen molar-refractivity contribution in [1.82, 2.24) is 0 Å². The van der Waals surface area contributed by atoms with Crippen molar-refractivity contribution in [1.29, 1.82) is 0 Å². The molecule has 0 unspecified atom stereocenters. The van der Waals surface area contributed by atoms with Gasteiger partial charge < -0.3 is 9.84 Å². The summed E-state index contributed by atoms with van der Waals surface area (Å²) in [6.07, 6.45) is 0. The summed E-state index contributed by atoms with van der Waals surface area (Å²) in [5, 5.41) is 19.5. The van der Waals surface area contributed by atoms with Crippen molar-refractivity contribution in [3.63, 3.8) is 0 Å². The van der Waals surface area contributed by atoms with Gasteiger partial charge in [-0.25, -0.2) is 9.59 Å². The molecule has 0 aliphatic rings. The number of methoxy groups -OCH3 is 1. The van der Waals surface area contributed by atoms with Crippen molar-refractivity contribution >= 4 is 17.6 Å². The molecule has 7 nitrogen and oxygen atoms in total. The molecule has 0 saturated carbocycles. The number of nitro benzene ring substituents is 1. The molecule has 90 valence electrons. The highest BCUT2D eigenvalue weighted by molar-refractivity contribution is 5.98. The minimum absolute atomic E-state index is 0.126. The van der Waals surface area contributed by atoms with Crippen LogP contribution in [0.25, 0.3) is 0 Å². The summed E-state index contributed by atoms with van der Waals surface area (Å²) in [5.74, 6) is -2.15. The normalized spacial score (nSPS) is 9.76. The molecule has 0 aliphatic heterocycles. The number of carboxylic acid groups (broad SMARTS) is 1. The average Bonchev–Trinajstić information content (AvgIpc) is 2.27. The van der Waals surface area contributed by atoms with Crippen LogP contribution < -0.4 is 0 Å². The van der Waals surface area contributed by atoms with Crippen molar-refractivity contribution in [2.75, 3.05) is 7.11 Å². The highest BCUT2D eigenvalue weighted by atomic mass is 16.6. The monoisotopic (exact) mass is 239 g/mol. The molecule has 17 heavy (non-hydrogen) atoms. The summed E-state index contributed by atoms with van der Waals surface area (Å²) in [4.78, 5) is 32.1. The van der Waals surface area contributed by atoms with Crippen LogP contribution in [0.1, 0.15) is 26.3 Å². The van der Waals surface area contributed by atoms with Crippen LogP contribution in [-0.2, 0) is 4.74 Å². The van der Waals surface area contributed by atoms with E-state index in [2.05, 4.69) is 4.74 Å². The zero-order chi connectivity index (χ0) is 13.2. The van der Waals surface area contributed by atoms with Gasteiger partial charge in [-0.05, 0) is 12.5 Å². The minimum Gasteiger partial charge on any atom is -0.478 e. The van der Waals surface area contributed by atoms with Gasteiger partial charge in [-0.3, -0.25) is 10.1 Å². The van der Waals surface area contributed by atoms with E-state index in [0.717, 1.165) is 19.2 Å². The average molecular weight is 239 g/mol. The molecule has 1 rings (SSSR count). The lowest BCUT2D eigenvalue weighted by molar-refractivity contribution is -0.384. The van der Waals surface area contributed by atoms with E-state index >= 15 is 0 Å². The Hall–Kier alpha value is -2.44. The van der Waals surface area contributed by atoms with Gasteiger partial charge in [0, 0.05) is 12.1 Å². The number of aromatic carboxylic acids is 1. The van der Waals surface area contributed by atoms with Crippen molar-refractivity contribution in [2.24, 2.45) is 0 Å². The second-order valence-corrected chi connectivity index (χ2v) is 3.22. The third-order valence-corrected chi connectivity index (χ3v) is 2.24. The number of ether oxygens (including phenoxy) is 1. The first-order chi connectivity index (χ1) is 7.88. The number of carboxylic acids is 1. The van der Waals surface area contributed by atoms with Gasteiger partial charge in [0.25, 0.3) is 5.69 Å². The van der Waals surface area contributed by atoms with Gasteiger partial charge in [-0.1, -0.05) is 0 Å². The van der Waals surface area contributed by atoms with Crippen molar-refractivity contribution in [2.45, 2.75) is 6.92 Å². The number of nitrogens with zero attached hydrogens (tertiary/aromatic N) is 1. The van der Waals surface area contributed by atoms with Crippen LogP contribution in [-0.4, -0.2) is 29.1 Å². The van der Waals surface area contributed by atoms with Gasteiger partial charge in [0.15, 0.2) is 0 Å². The lowest BCUT2D eigenvalue weighted by Crippen LogP contribution is -2.10.